The maximum absolute atomic E-state index is 11.9. The Morgan fingerprint density at radius 3 is 2.70 bits per heavy atom. The summed E-state index contributed by atoms with van der Waals surface area (Å²) in [7, 11) is 1.56. The average Bonchev–Trinajstić information content (AvgIpc) is 2.46. The molecule has 4 N–H and O–H groups in total. The van der Waals surface area contributed by atoms with Gasteiger partial charge in [0.15, 0.2) is 6.10 Å². The molecular weight excluding hydrogens is 266 g/mol. The molecule has 8 nitrogen and oxygen atoms in total. The van der Waals surface area contributed by atoms with Crippen molar-refractivity contribution in [1.82, 2.24) is 15.5 Å². The van der Waals surface area contributed by atoms with Crippen LogP contribution in [-0.4, -0.2) is 65.8 Å². The second-order valence-electron chi connectivity index (χ2n) is 4.77. The Morgan fingerprint density at radius 2 is 2.10 bits per heavy atom. The number of carboxylic acids is 1. The molecule has 1 aliphatic rings. The van der Waals surface area contributed by atoms with Crippen LogP contribution in [0.5, 0.6) is 0 Å². The van der Waals surface area contributed by atoms with Crippen molar-refractivity contribution in [1.29, 1.82) is 0 Å². The van der Waals surface area contributed by atoms with Gasteiger partial charge in [-0.2, -0.15) is 0 Å². The summed E-state index contributed by atoms with van der Waals surface area (Å²) in [5, 5.41) is 22.7. The van der Waals surface area contributed by atoms with Crippen LogP contribution in [0.2, 0.25) is 0 Å². The number of rotatable bonds is 5. The second kappa shape index (κ2) is 7.68. The number of nitrogens with one attached hydrogen (secondary N) is 2. The predicted octanol–water partition coefficient (Wildman–Crippen LogP) is -1.01. The number of aliphatic carboxylic acids is 1. The van der Waals surface area contributed by atoms with Crippen molar-refractivity contribution in [3.8, 4) is 0 Å². The lowest BCUT2D eigenvalue weighted by Gasteiger charge is -2.31. The van der Waals surface area contributed by atoms with Crippen molar-refractivity contribution in [3.63, 3.8) is 0 Å². The third kappa shape index (κ3) is 4.69. The molecule has 0 radical (unpaired) electrons. The first-order valence-corrected chi connectivity index (χ1v) is 6.61. The van der Waals surface area contributed by atoms with Crippen molar-refractivity contribution in [2.75, 3.05) is 26.7 Å². The summed E-state index contributed by atoms with van der Waals surface area (Å²) in [6.07, 6.45) is -0.0200. The van der Waals surface area contributed by atoms with Crippen molar-refractivity contribution < 1.29 is 24.6 Å². The Kier molecular flexibility index (Phi) is 6.23. The molecule has 20 heavy (non-hydrogen) atoms. The second-order valence-corrected chi connectivity index (χ2v) is 4.77. The van der Waals surface area contributed by atoms with E-state index in [1.165, 1.54) is 4.90 Å². The van der Waals surface area contributed by atoms with Gasteiger partial charge in [-0.05, 0) is 12.8 Å². The van der Waals surface area contributed by atoms with Crippen molar-refractivity contribution in [2.24, 2.45) is 5.92 Å². The maximum Gasteiger partial charge on any atom is 0.332 e. The zero-order valence-corrected chi connectivity index (χ0v) is 11.5. The zero-order valence-electron chi connectivity index (χ0n) is 11.5. The van der Waals surface area contributed by atoms with E-state index in [0.717, 1.165) is 12.8 Å². The minimum absolute atomic E-state index is 0.0478. The summed E-state index contributed by atoms with van der Waals surface area (Å²) < 4.78 is 0. The first-order valence-electron chi connectivity index (χ1n) is 6.61. The summed E-state index contributed by atoms with van der Waals surface area (Å²) in [5.74, 6) is -1.59. The van der Waals surface area contributed by atoms with E-state index in [-0.39, 0.29) is 30.8 Å². The van der Waals surface area contributed by atoms with Gasteiger partial charge in [0, 0.05) is 33.1 Å². The Morgan fingerprint density at radius 1 is 1.40 bits per heavy atom. The highest BCUT2D eigenvalue weighted by atomic mass is 16.4. The van der Waals surface area contributed by atoms with Crippen LogP contribution in [0.3, 0.4) is 0 Å². The van der Waals surface area contributed by atoms with E-state index in [4.69, 9.17) is 10.2 Å². The lowest BCUT2D eigenvalue weighted by molar-refractivity contribution is -0.146. The molecule has 1 unspecified atom stereocenters. The highest BCUT2D eigenvalue weighted by molar-refractivity contribution is 5.80. The minimum atomic E-state index is -1.48. The van der Waals surface area contributed by atoms with Gasteiger partial charge in [0.1, 0.15) is 0 Å². The molecule has 8 heteroatoms. The molecule has 1 fully saturated rings. The summed E-state index contributed by atoms with van der Waals surface area (Å²) in [5.41, 5.74) is 0. The molecule has 1 saturated heterocycles. The van der Waals surface area contributed by atoms with E-state index < -0.39 is 12.1 Å². The number of carboxylic acid groups (broad SMARTS) is 1. The van der Waals surface area contributed by atoms with E-state index in [1.807, 2.05) is 0 Å². The van der Waals surface area contributed by atoms with E-state index in [1.54, 1.807) is 7.05 Å². The van der Waals surface area contributed by atoms with Crippen LogP contribution in [0.15, 0.2) is 0 Å². The van der Waals surface area contributed by atoms with Gasteiger partial charge in [0.25, 0.3) is 0 Å². The van der Waals surface area contributed by atoms with E-state index in [0.29, 0.717) is 13.1 Å². The monoisotopic (exact) mass is 287 g/mol. The highest BCUT2D eigenvalue weighted by Gasteiger charge is 2.27. The van der Waals surface area contributed by atoms with Crippen LogP contribution in [0.4, 0.5) is 4.79 Å². The molecule has 0 aromatic rings. The molecule has 3 amide bonds. The number of carbonyl (C=O) groups is 3. The molecule has 0 aromatic carbocycles. The molecule has 1 aliphatic heterocycles. The number of amides is 3. The van der Waals surface area contributed by atoms with Crippen molar-refractivity contribution in [3.05, 3.63) is 0 Å². The van der Waals surface area contributed by atoms with Crippen LogP contribution in [0.1, 0.15) is 19.3 Å². The quantitative estimate of drug-likeness (QED) is 0.516. The minimum Gasteiger partial charge on any atom is -0.479 e. The first kappa shape index (κ1) is 16.2. The standard InChI is InChI=1S/C12H21N3O5/c1-13-10(17)8-3-2-6-15(7-8)12(20)14-5-4-9(16)11(18)19/h8-9,16H,2-7H2,1H3,(H,13,17)(H,14,20)(H,18,19)/t8?,9-/m0/s1. The Labute approximate surface area is 117 Å². The number of piperidine rings is 1. The number of aliphatic hydroxyl groups is 1. The number of hydrogen-bond donors (Lipinski definition) is 4. The molecule has 0 aromatic heterocycles. The smallest absolute Gasteiger partial charge is 0.332 e. The van der Waals surface area contributed by atoms with Gasteiger partial charge in [0.05, 0.1) is 5.92 Å². The zero-order chi connectivity index (χ0) is 15.1. The van der Waals surface area contributed by atoms with Crippen molar-refractivity contribution >= 4 is 17.9 Å². The van der Waals surface area contributed by atoms with Crippen molar-refractivity contribution in [2.45, 2.75) is 25.4 Å². The molecule has 0 aliphatic carbocycles. The van der Waals surface area contributed by atoms with Gasteiger partial charge >= 0.3 is 12.0 Å². The fourth-order valence-corrected chi connectivity index (χ4v) is 2.13. The Hall–Kier alpha value is -1.83. The molecule has 0 saturated carbocycles. The molecule has 2 atom stereocenters. The third-order valence-corrected chi connectivity index (χ3v) is 3.30. The van der Waals surface area contributed by atoms with Crippen LogP contribution in [0.25, 0.3) is 0 Å². The summed E-state index contributed by atoms with van der Waals surface area (Å²) in [6, 6.07) is -0.337. The molecule has 0 bridgehead atoms. The van der Waals surface area contributed by atoms with E-state index >= 15 is 0 Å². The van der Waals surface area contributed by atoms with Gasteiger partial charge in [-0.15, -0.1) is 0 Å². The lowest BCUT2D eigenvalue weighted by atomic mass is 9.97. The summed E-state index contributed by atoms with van der Waals surface area (Å²) >= 11 is 0. The number of hydrogen-bond acceptors (Lipinski definition) is 4. The molecule has 0 spiro atoms. The van der Waals surface area contributed by atoms with Gasteiger partial charge < -0.3 is 25.7 Å². The average molecular weight is 287 g/mol. The largest absolute Gasteiger partial charge is 0.479 e. The Bertz CT molecular complexity index is 374. The normalized spacial score (nSPS) is 20.1. The summed E-state index contributed by atoms with van der Waals surface area (Å²) in [6.45, 7) is 1.00. The van der Waals surface area contributed by atoms with Crippen LogP contribution < -0.4 is 10.6 Å². The lowest BCUT2D eigenvalue weighted by Crippen LogP contribution is -2.49. The number of aliphatic hydroxyl groups excluding tert-OH is 1. The maximum atomic E-state index is 11.9. The molecular formula is C12H21N3O5. The van der Waals surface area contributed by atoms with Crippen LogP contribution in [-0.2, 0) is 9.59 Å². The predicted molar refractivity (Wildman–Crippen MR) is 70.0 cm³/mol. The fraction of sp³-hybridized carbons (Fsp3) is 0.750. The SMILES string of the molecule is CNC(=O)C1CCCN(C(=O)NCC[C@H](O)C(=O)O)C1. The number of carbonyl (C=O) groups excluding carboxylic acids is 2. The van der Waals surface area contributed by atoms with Gasteiger partial charge in [-0.1, -0.05) is 0 Å². The topological polar surface area (TPSA) is 119 Å². The fourth-order valence-electron chi connectivity index (χ4n) is 2.13. The molecule has 1 heterocycles. The van der Waals surface area contributed by atoms with Crippen LogP contribution in [0, 0.1) is 5.92 Å². The molecule has 1 rings (SSSR count). The Balaban J connectivity index is 2.35. The number of urea groups is 1. The van der Waals surface area contributed by atoms with Gasteiger partial charge in [0.2, 0.25) is 5.91 Å². The molecule has 114 valence electrons. The summed E-state index contributed by atoms with van der Waals surface area (Å²) in [4.78, 5) is 35.4. The number of nitrogens with zero attached hydrogens (tertiary/aromatic N) is 1. The van der Waals surface area contributed by atoms with E-state index in [9.17, 15) is 14.4 Å². The number of likely N-dealkylation sites (tertiary alicyclic amines) is 1. The first-order chi connectivity index (χ1) is 9.45. The van der Waals surface area contributed by atoms with Gasteiger partial charge in [-0.3, -0.25) is 4.79 Å². The van der Waals surface area contributed by atoms with E-state index in [2.05, 4.69) is 10.6 Å². The highest BCUT2D eigenvalue weighted by Crippen LogP contribution is 2.16. The third-order valence-electron chi connectivity index (χ3n) is 3.30. The van der Waals surface area contributed by atoms with Crippen LogP contribution >= 0.6 is 0 Å². The van der Waals surface area contributed by atoms with Gasteiger partial charge in [-0.25, -0.2) is 9.59 Å².